The summed E-state index contributed by atoms with van der Waals surface area (Å²) in [4.78, 5) is 18.8. The van der Waals surface area contributed by atoms with Crippen LogP contribution < -0.4 is 10.6 Å². The monoisotopic (exact) mass is 373 g/mol. The molecule has 26 heavy (non-hydrogen) atoms. The molecule has 0 saturated carbocycles. The first-order valence-electron chi connectivity index (χ1n) is 8.33. The Labute approximate surface area is 154 Å². The van der Waals surface area contributed by atoms with E-state index in [4.69, 9.17) is 20.4 Å². The molecule has 136 valence electrons. The Morgan fingerprint density at radius 3 is 2.88 bits per heavy atom. The third-order valence-corrected chi connectivity index (χ3v) is 5.11. The Kier molecular flexibility index (Phi) is 4.91. The summed E-state index contributed by atoms with van der Waals surface area (Å²) < 4.78 is 7.06. The van der Waals surface area contributed by atoms with Gasteiger partial charge in [0.05, 0.1) is 12.7 Å². The minimum absolute atomic E-state index is 0.0140. The van der Waals surface area contributed by atoms with Crippen LogP contribution in [0.15, 0.2) is 41.7 Å². The van der Waals surface area contributed by atoms with Crippen molar-refractivity contribution in [2.75, 3.05) is 12.3 Å². The van der Waals surface area contributed by atoms with Gasteiger partial charge < -0.3 is 20.4 Å². The number of aliphatic hydroxyl groups excluding tert-OH is 1. The minimum Gasteiger partial charge on any atom is -0.394 e. The van der Waals surface area contributed by atoms with Crippen molar-refractivity contribution in [2.24, 2.45) is 0 Å². The third-order valence-electron chi connectivity index (χ3n) is 4.07. The molecule has 4 rings (SSSR count). The second-order valence-electron chi connectivity index (χ2n) is 5.96. The summed E-state index contributed by atoms with van der Waals surface area (Å²) in [6.45, 7) is -0.0140. The summed E-state index contributed by atoms with van der Waals surface area (Å²) in [6, 6.07) is 10.1. The highest BCUT2D eigenvalue weighted by atomic mass is 32.2. The van der Waals surface area contributed by atoms with Crippen molar-refractivity contribution in [3.63, 3.8) is 0 Å². The number of nitrogen functional groups attached to an aromatic ring is 1. The van der Waals surface area contributed by atoms with Gasteiger partial charge in [0.25, 0.3) is 0 Å². The highest BCUT2D eigenvalue weighted by molar-refractivity contribution is 7.98. The van der Waals surface area contributed by atoms with Gasteiger partial charge in [0.15, 0.2) is 0 Å². The highest BCUT2D eigenvalue weighted by Crippen LogP contribution is 2.28. The van der Waals surface area contributed by atoms with Crippen LogP contribution in [0.2, 0.25) is 0 Å². The number of imidazole rings is 1. The fourth-order valence-corrected chi connectivity index (χ4v) is 3.72. The third kappa shape index (κ3) is 3.59. The van der Waals surface area contributed by atoms with Crippen LogP contribution in [0.1, 0.15) is 18.4 Å². The lowest BCUT2D eigenvalue weighted by Crippen LogP contribution is -2.26. The lowest BCUT2D eigenvalue weighted by atomic mass is 10.2. The molecule has 8 nitrogen and oxygen atoms in total. The summed E-state index contributed by atoms with van der Waals surface area (Å²) in [5, 5.41) is 9.88. The average Bonchev–Trinajstić information content (AvgIpc) is 3.28. The molecule has 2 aromatic heterocycles. The molecule has 1 aromatic carbocycles. The van der Waals surface area contributed by atoms with Gasteiger partial charge in [-0.3, -0.25) is 0 Å². The summed E-state index contributed by atoms with van der Waals surface area (Å²) in [6.07, 6.45) is 2.36. The zero-order valence-corrected chi connectivity index (χ0v) is 14.8. The molecule has 0 radical (unpaired) electrons. The van der Waals surface area contributed by atoms with Crippen LogP contribution in [0.5, 0.6) is 0 Å². The predicted octanol–water partition coefficient (Wildman–Crippen LogP) is 1.63. The van der Waals surface area contributed by atoms with E-state index in [-0.39, 0.29) is 18.7 Å². The van der Waals surface area contributed by atoms with Crippen molar-refractivity contribution in [1.82, 2.24) is 19.7 Å². The topological polar surface area (TPSA) is 108 Å². The number of anilines is 1. The van der Waals surface area contributed by atoms with Gasteiger partial charge in [-0.15, -0.1) is 4.73 Å². The van der Waals surface area contributed by atoms with Crippen LogP contribution in [0.3, 0.4) is 0 Å². The van der Waals surface area contributed by atoms with Gasteiger partial charge in [-0.05, 0) is 12.0 Å². The minimum atomic E-state index is -0.443. The van der Waals surface area contributed by atoms with E-state index in [0.717, 1.165) is 12.2 Å². The van der Waals surface area contributed by atoms with Crippen LogP contribution in [-0.2, 0) is 10.5 Å². The van der Waals surface area contributed by atoms with Crippen molar-refractivity contribution < 1.29 is 14.7 Å². The lowest BCUT2D eigenvalue weighted by Gasteiger charge is -2.14. The van der Waals surface area contributed by atoms with Gasteiger partial charge in [0, 0.05) is 12.2 Å². The van der Waals surface area contributed by atoms with Crippen molar-refractivity contribution in [2.45, 2.75) is 36.0 Å². The number of aromatic nitrogens is 4. The van der Waals surface area contributed by atoms with Crippen LogP contribution in [-0.4, -0.2) is 43.8 Å². The van der Waals surface area contributed by atoms with Gasteiger partial charge in [0.2, 0.25) is 17.9 Å². The Bertz CT molecular complexity index is 889. The molecule has 2 atom stereocenters. The second-order valence-corrected chi connectivity index (χ2v) is 6.92. The van der Waals surface area contributed by atoms with Crippen molar-refractivity contribution in [3.05, 3.63) is 42.2 Å². The van der Waals surface area contributed by atoms with E-state index in [1.54, 1.807) is 18.1 Å². The Morgan fingerprint density at radius 2 is 2.12 bits per heavy atom. The molecule has 1 aliphatic rings. The number of thioether (sulfide) groups is 1. The Morgan fingerprint density at radius 1 is 1.27 bits per heavy atom. The SMILES string of the molecule is Nc1nc(SCc2ccccc2)c2ncn(O[C@@H]3CC[C@@H](CO)O3)c2n1. The lowest BCUT2D eigenvalue weighted by molar-refractivity contribution is -0.140. The molecule has 1 fully saturated rings. The molecular formula is C17H19N5O3S. The molecule has 0 unspecified atom stereocenters. The van der Waals surface area contributed by atoms with Crippen molar-refractivity contribution in [1.29, 1.82) is 0 Å². The van der Waals surface area contributed by atoms with Crippen molar-refractivity contribution in [3.8, 4) is 0 Å². The maximum Gasteiger partial charge on any atom is 0.225 e. The van der Waals surface area contributed by atoms with E-state index < -0.39 is 6.29 Å². The molecule has 0 amide bonds. The quantitative estimate of drug-likeness (QED) is 0.496. The second kappa shape index (κ2) is 7.48. The van der Waals surface area contributed by atoms with E-state index in [0.29, 0.717) is 22.6 Å². The van der Waals surface area contributed by atoms with Crippen LogP contribution in [0, 0.1) is 0 Å². The van der Waals surface area contributed by atoms with E-state index in [1.165, 1.54) is 10.3 Å². The average molecular weight is 373 g/mol. The fourth-order valence-electron chi connectivity index (χ4n) is 2.79. The van der Waals surface area contributed by atoms with Crippen LogP contribution >= 0.6 is 11.8 Å². The van der Waals surface area contributed by atoms with Gasteiger partial charge in [-0.1, -0.05) is 42.1 Å². The van der Waals surface area contributed by atoms with E-state index in [9.17, 15) is 0 Å². The number of hydrogen-bond acceptors (Lipinski definition) is 8. The molecule has 0 bridgehead atoms. The van der Waals surface area contributed by atoms with Crippen molar-refractivity contribution >= 4 is 28.9 Å². The van der Waals surface area contributed by atoms with Crippen LogP contribution in [0.4, 0.5) is 5.95 Å². The standard InChI is InChI=1S/C17H19N5O3S/c18-17-20-15-14(16(21-17)26-9-11-4-2-1-3-5-11)19-10-22(15)25-13-7-6-12(8-23)24-13/h1-5,10,12-13,23H,6-9H2,(H2,18,20,21)/t12-,13+/m0/s1. The summed E-state index contributed by atoms with van der Waals surface area (Å²) in [5.41, 5.74) is 8.20. The highest BCUT2D eigenvalue weighted by Gasteiger charge is 2.27. The van der Waals surface area contributed by atoms with E-state index >= 15 is 0 Å². The summed E-state index contributed by atoms with van der Waals surface area (Å²) in [7, 11) is 0. The maximum absolute atomic E-state index is 9.17. The molecule has 9 heteroatoms. The smallest absolute Gasteiger partial charge is 0.225 e. The summed E-state index contributed by atoms with van der Waals surface area (Å²) >= 11 is 1.55. The van der Waals surface area contributed by atoms with Gasteiger partial charge in [0.1, 0.15) is 16.9 Å². The number of hydrogen-bond donors (Lipinski definition) is 2. The molecule has 1 saturated heterocycles. The number of nitrogens with two attached hydrogens (primary N) is 1. The number of fused-ring (bicyclic) bond motifs is 1. The van der Waals surface area contributed by atoms with Gasteiger partial charge in [-0.25, -0.2) is 9.97 Å². The zero-order valence-electron chi connectivity index (χ0n) is 14.0. The number of nitrogens with zero attached hydrogens (tertiary/aromatic N) is 4. The predicted molar refractivity (Wildman–Crippen MR) is 97.3 cm³/mol. The van der Waals surface area contributed by atoms with E-state index in [1.807, 2.05) is 18.2 Å². The number of aliphatic hydroxyl groups is 1. The van der Waals surface area contributed by atoms with E-state index in [2.05, 4.69) is 27.1 Å². The molecule has 0 aliphatic carbocycles. The first-order chi connectivity index (χ1) is 12.7. The molecule has 3 aromatic rings. The first-order valence-corrected chi connectivity index (χ1v) is 9.32. The maximum atomic E-state index is 9.17. The molecule has 1 aliphatic heterocycles. The summed E-state index contributed by atoms with van der Waals surface area (Å²) in [5.74, 6) is 0.920. The number of benzene rings is 1. The normalized spacial score (nSPS) is 19.9. The molecule has 0 spiro atoms. The Balaban J connectivity index is 1.55. The molecule has 3 N–H and O–H groups in total. The fraction of sp³-hybridized carbons (Fsp3) is 0.353. The number of rotatable bonds is 6. The Hall–Kier alpha value is -2.36. The number of ether oxygens (including phenoxy) is 1. The van der Waals surface area contributed by atoms with Gasteiger partial charge in [-0.2, -0.15) is 4.98 Å². The molecule has 3 heterocycles. The largest absolute Gasteiger partial charge is 0.394 e. The van der Waals surface area contributed by atoms with Crippen LogP contribution in [0.25, 0.3) is 11.2 Å². The molecular weight excluding hydrogens is 354 g/mol. The first kappa shape index (κ1) is 17.1. The zero-order chi connectivity index (χ0) is 17.9. The van der Waals surface area contributed by atoms with Gasteiger partial charge >= 0.3 is 0 Å².